The molecule has 2 unspecified atom stereocenters. The van der Waals surface area contributed by atoms with Crippen LogP contribution >= 0.6 is 11.6 Å². The number of hydrogen-bond acceptors (Lipinski definition) is 4. The molecular formula is C21H23ClN4O. The van der Waals surface area contributed by atoms with Gasteiger partial charge < -0.3 is 15.5 Å². The molecule has 2 atom stereocenters. The molecule has 0 aromatic heterocycles. The van der Waals surface area contributed by atoms with E-state index in [1.54, 1.807) is 6.21 Å². The molecule has 2 N–H and O–H groups in total. The molecule has 2 aliphatic heterocycles. The summed E-state index contributed by atoms with van der Waals surface area (Å²) in [6.07, 6.45) is 14.5. The maximum Gasteiger partial charge on any atom is 0.248 e. The van der Waals surface area contributed by atoms with E-state index in [1.165, 1.54) is 0 Å². The van der Waals surface area contributed by atoms with Gasteiger partial charge in [-0.2, -0.15) is 0 Å². The predicted molar refractivity (Wildman–Crippen MR) is 109 cm³/mol. The third-order valence-electron chi connectivity index (χ3n) is 5.08. The molecule has 0 bridgehead atoms. The van der Waals surface area contributed by atoms with Crippen LogP contribution in [0.3, 0.4) is 0 Å². The van der Waals surface area contributed by atoms with Crippen LogP contribution in [0.2, 0.25) is 0 Å². The van der Waals surface area contributed by atoms with Crippen molar-refractivity contribution in [2.24, 2.45) is 10.9 Å². The Morgan fingerprint density at radius 3 is 3.00 bits per heavy atom. The summed E-state index contributed by atoms with van der Waals surface area (Å²) in [4.78, 5) is 19.6. The van der Waals surface area contributed by atoms with Crippen molar-refractivity contribution in [3.63, 3.8) is 0 Å². The van der Waals surface area contributed by atoms with Gasteiger partial charge in [0.1, 0.15) is 0 Å². The van der Waals surface area contributed by atoms with Gasteiger partial charge in [-0.15, -0.1) is 0 Å². The number of aliphatic imine (C=N–C) groups is 1. The molecule has 2 heterocycles. The minimum Gasteiger partial charge on any atom is -0.373 e. The number of carbonyl (C=O) groups is 1. The Labute approximate surface area is 164 Å². The van der Waals surface area contributed by atoms with Gasteiger partial charge in [-0.1, -0.05) is 23.8 Å². The Balaban J connectivity index is 1.64. The van der Waals surface area contributed by atoms with Crippen molar-refractivity contribution in [1.82, 2.24) is 15.5 Å². The number of allylic oxidation sites excluding steroid dienone is 5. The smallest absolute Gasteiger partial charge is 0.248 e. The first kappa shape index (κ1) is 18.0. The molecule has 0 radical (unpaired) electrons. The second kappa shape index (κ2) is 7.33. The Kier molecular flexibility index (Phi) is 4.89. The predicted octanol–water partition coefficient (Wildman–Crippen LogP) is 2.42. The highest BCUT2D eigenvalue weighted by Crippen LogP contribution is 2.42. The first-order valence-corrected chi connectivity index (χ1v) is 9.58. The highest BCUT2D eigenvalue weighted by molar-refractivity contribution is 6.31. The molecule has 0 aromatic carbocycles. The van der Waals surface area contributed by atoms with E-state index >= 15 is 0 Å². The standard InChI is InChI=1S/C21H23ClN4O/c1-26(2)10-4-9-24-21(27)17-12-16-15-11-13(22)6-7-18(15)25-20(16)19-14(17)5-3-8-23-19/h3,5-8,11-12,14,18,25H,4,9-10H2,1-2H3,(H,24,27). The Morgan fingerprint density at radius 1 is 1.33 bits per heavy atom. The van der Waals surface area contributed by atoms with Gasteiger partial charge >= 0.3 is 0 Å². The quantitative estimate of drug-likeness (QED) is 0.718. The third-order valence-corrected chi connectivity index (χ3v) is 5.31. The molecule has 0 aromatic rings. The SMILES string of the molecule is CN(C)CCCNC(=O)C1=CC2=C3C=C(Cl)C=CC3NC2=C2N=CC=CC12. The van der Waals surface area contributed by atoms with Crippen LogP contribution in [0.15, 0.2) is 74.6 Å². The van der Waals surface area contributed by atoms with E-state index in [9.17, 15) is 4.79 Å². The van der Waals surface area contributed by atoms with Gasteiger partial charge in [0.05, 0.1) is 23.4 Å². The lowest BCUT2D eigenvalue weighted by atomic mass is 9.83. The summed E-state index contributed by atoms with van der Waals surface area (Å²) >= 11 is 6.21. The first-order valence-electron chi connectivity index (χ1n) is 9.20. The first-order chi connectivity index (χ1) is 13.0. The Morgan fingerprint density at radius 2 is 2.19 bits per heavy atom. The molecule has 27 heavy (non-hydrogen) atoms. The zero-order valence-electron chi connectivity index (χ0n) is 15.5. The molecule has 6 heteroatoms. The molecule has 0 spiro atoms. The van der Waals surface area contributed by atoms with Crippen LogP contribution in [-0.4, -0.2) is 50.2 Å². The van der Waals surface area contributed by atoms with Crippen LogP contribution in [0.5, 0.6) is 0 Å². The largest absolute Gasteiger partial charge is 0.373 e. The van der Waals surface area contributed by atoms with Crippen molar-refractivity contribution in [1.29, 1.82) is 0 Å². The van der Waals surface area contributed by atoms with E-state index < -0.39 is 0 Å². The van der Waals surface area contributed by atoms with Crippen molar-refractivity contribution in [3.8, 4) is 0 Å². The lowest BCUT2D eigenvalue weighted by Crippen LogP contribution is -2.33. The van der Waals surface area contributed by atoms with E-state index in [1.807, 2.05) is 50.6 Å². The highest BCUT2D eigenvalue weighted by atomic mass is 35.5. The van der Waals surface area contributed by atoms with Gasteiger partial charge in [-0.25, -0.2) is 0 Å². The van der Waals surface area contributed by atoms with Crippen LogP contribution < -0.4 is 10.6 Å². The second-order valence-electron chi connectivity index (χ2n) is 7.29. The minimum absolute atomic E-state index is 0.0324. The summed E-state index contributed by atoms with van der Waals surface area (Å²) in [7, 11) is 4.06. The summed E-state index contributed by atoms with van der Waals surface area (Å²) in [5.74, 6) is -0.158. The molecule has 4 aliphatic rings. The number of halogens is 1. The minimum atomic E-state index is -0.126. The topological polar surface area (TPSA) is 56.7 Å². The normalized spacial score (nSPS) is 25.0. The second-order valence-corrected chi connectivity index (χ2v) is 7.73. The van der Waals surface area contributed by atoms with Crippen LogP contribution in [0, 0.1) is 5.92 Å². The van der Waals surface area contributed by atoms with E-state index in [4.69, 9.17) is 11.6 Å². The number of carbonyl (C=O) groups excluding carboxylic acids is 1. The van der Waals surface area contributed by atoms with Crippen LogP contribution in [0.25, 0.3) is 0 Å². The molecule has 1 amide bonds. The summed E-state index contributed by atoms with van der Waals surface area (Å²) in [6.45, 7) is 1.60. The number of dihydropyridines is 1. The molecule has 4 rings (SSSR count). The number of nitrogens with one attached hydrogen (secondary N) is 2. The molecule has 140 valence electrons. The molecule has 0 fully saturated rings. The molecular weight excluding hydrogens is 360 g/mol. The number of rotatable bonds is 5. The van der Waals surface area contributed by atoms with Gasteiger partial charge in [0.2, 0.25) is 5.91 Å². The number of amides is 1. The molecule has 2 aliphatic carbocycles. The molecule has 0 saturated carbocycles. The van der Waals surface area contributed by atoms with Gasteiger partial charge in [0.25, 0.3) is 0 Å². The average Bonchev–Trinajstić information content (AvgIpc) is 3.02. The fourth-order valence-corrected chi connectivity index (χ4v) is 3.96. The number of nitrogens with zero attached hydrogens (tertiary/aromatic N) is 2. The van der Waals surface area contributed by atoms with E-state index in [-0.39, 0.29) is 17.9 Å². The van der Waals surface area contributed by atoms with E-state index in [0.29, 0.717) is 11.6 Å². The summed E-state index contributed by atoms with van der Waals surface area (Å²) in [5.41, 5.74) is 4.73. The molecule has 0 saturated heterocycles. The summed E-state index contributed by atoms with van der Waals surface area (Å²) in [6, 6.07) is 0.0745. The van der Waals surface area contributed by atoms with Crippen molar-refractivity contribution in [3.05, 3.63) is 69.6 Å². The Hall–Kier alpha value is -2.37. The monoisotopic (exact) mass is 382 g/mol. The molecule has 5 nitrogen and oxygen atoms in total. The lowest BCUT2D eigenvalue weighted by molar-refractivity contribution is -0.117. The highest BCUT2D eigenvalue weighted by Gasteiger charge is 2.37. The Bertz CT molecular complexity index is 886. The third kappa shape index (κ3) is 3.45. The van der Waals surface area contributed by atoms with Crippen LogP contribution in [0.1, 0.15) is 6.42 Å². The van der Waals surface area contributed by atoms with Gasteiger partial charge in [-0.3, -0.25) is 9.79 Å². The lowest BCUT2D eigenvalue weighted by Gasteiger charge is -2.26. The average molecular weight is 383 g/mol. The van der Waals surface area contributed by atoms with E-state index in [2.05, 4.69) is 20.5 Å². The fourth-order valence-electron chi connectivity index (χ4n) is 3.77. The van der Waals surface area contributed by atoms with E-state index in [0.717, 1.165) is 41.1 Å². The zero-order chi connectivity index (χ0) is 19.0. The fraction of sp³-hybridized carbons (Fsp3) is 0.333. The maximum absolute atomic E-state index is 12.9. The van der Waals surface area contributed by atoms with Gasteiger partial charge in [0.15, 0.2) is 0 Å². The summed E-state index contributed by atoms with van der Waals surface area (Å²) < 4.78 is 0. The van der Waals surface area contributed by atoms with Crippen molar-refractivity contribution in [2.45, 2.75) is 12.5 Å². The van der Waals surface area contributed by atoms with Crippen molar-refractivity contribution < 1.29 is 4.79 Å². The zero-order valence-corrected chi connectivity index (χ0v) is 16.3. The van der Waals surface area contributed by atoms with Crippen LogP contribution in [0.4, 0.5) is 0 Å². The maximum atomic E-state index is 12.9. The van der Waals surface area contributed by atoms with Gasteiger partial charge in [-0.05, 0) is 56.9 Å². The van der Waals surface area contributed by atoms with Crippen molar-refractivity contribution >= 4 is 23.7 Å². The number of hydrogen-bond donors (Lipinski definition) is 2. The summed E-state index contributed by atoms with van der Waals surface area (Å²) in [5, 5.41) is 7.28. The van der Waals surface area contributed by atoms with Crippen molar-refractivity contribution in [2.75, 3.05) is 27.2 Å². The van der Waals surface area contributed by atoms with Crippen LogP contribution in [-0.2, 0) is 4.79 Å². The van der Waals surface area contributed by atoms with Gasteiger partial charge in [0, 0.05) is 28.9 Å². The number of fused-ring (bicyclic) bond motifs is 3.